The molecular weight excluding hydrogens is 218 g/mol. The maximum absolute atomic E-state index is 12.1. The van der Waals surface area contributed by atoms with Crippen LogP contribution < -0.4 is 4.74 Å². The summed E-state index contributed by atoms with van der Waals surface area (Å²) in [6.45, 7) is 0. The van der Waals surface area contributed by atoms with E-state index < -0.39 is 0 Å². The molecule has 4 nitrogen and oxygen atoms in total. The smallest absolute Gasteiger partial charge is 0.257 e. The number of benzene rings is 1. The summed E-state index contributed by atoms with van der Waals surface area (Å²) in [5.74, 6) is 0.390. The van der Waals surface area contributed by atoms with Crippen LogP contribution in [0.15, 0.2) is 18.2 Å². The van der Waals surface area contributed by atoms with E-state index in [1.54, 1.807) is 24.1 Å². The lowest BCUT2D eigenvalue weighted by atomic mass is 9.91. The third kappa shape index (κ3) is 2.20. The van der Waals surface area contributed by atoms with Crippen molar-refractivity contribution >= 4 is 5.91 Å². The van der Waals surface area contributed by atoms with Crippen LogP contribution in [0.3, 0.4) is 0 Å². The molecule has 92 valence electrons. The molecule has 1 aromatic carbocycles. The number of hydrogen-bond acceptors (Lipinski definition) is 3. The first-order valence-electron chi connectivity index (χ1n) is 5.77. The Hall–Kier alpha value is -1.71. The molecule has 2 rings (SSSR count). The number of phenols is 1. The van der Waals surface area contributed by atoms with Gasteiger partial charge in [0.2, 0.25) is 0 Å². The zero-order valence-electron chi connectivity index (χ0n) is 10.1. The lowest BCUT2D eigenvalue weighted by Gasteiger charge is -2.34. The number of rotatable bonds is 3. The minimum Gasteiger partial charge on any atom is -0.507 e. The largest absolute Gasteiger partial charge is 0.507 e. The van der Waals surface area contributed by atoms with E-state index in [4.69, 9.17) is 4.74 Å². The van der Waals surface area contributed by atoms with Gasteiger partial charge in [-0.2, -0.15) is 0 Å². The van der Waals surface area contributed by atoms with E-state index in [1.165, 1.54) is 19.6 Å². The highest BCUT2D eigenvalue weighted by atomic mass is 16.5. The van der Waals surface area contributed by atoms with Crippen molar-refractivity contribution in [2.45, 2.75) is 25.3 Å². The fourth-order valence-electron chi connectivity index (χ4n) is 1.95. The van der Waals surface area contributed by atoms with Gasteiger partial charge < -0.3 is 14.7 Å². The van der Waals surface area contributed by atoms with Crippen LogP contribution in [-0.2, 0) is 0 Å². The molecule has 0 unspecified atom stereocenters. The second-order valence-corrected chi connectivity index (χ2v) is 4.38. The molecule has 17 heavy (non-hydrogen) atoms. The quantitative estimate of drug-likeness (QED) is 0.872. The summed E-state index contributed by atoms with van der Waals surface area (Å²) in [6, 6.07) is 5.07. The van der Waals surface area contributed by atoms with Crippen LogP contribution in [-0.4, -0.2) is 36.1 Å². The van der Waals surface area contributed by atoms with Gasteiger partial charge in [0.25, 0.3) is 5.91 Å². The number of methoxy groups -OCH3 is 1. The molecule has 1 aromatic rings. The number of hydrogen-bond donors (Lipinski definition) is 1. The van der Waals surface area contributed by atoms with Crippen molar-refractivity contribution < 1.29 is 14.6 Å². The fourth-order valence-corrected chi connectivity index (χ4v) is 1.95. The van der Waals surface area contributed by atoms with Gasteiger partial charge in [0, 0.05) is 19.2 Å². The Morgan fingerprint density at radius 1 is 1.47 bits per heavy atom. The average Bonchev–Trinajstić information content (AvgIpc) is 2.25. The number of aromatic hydroxyl groups is 1. The van der Waals surface area contributed by atoms with Crippen molar-refractivity contribution in [3.05, 3.63) is 23.8 Å². The van der Waals surface area contributed by atoms with Gasteiger partial charge in [-0.25, -0.2) is 0 Å². The summed E-state index contributed by atoms with van der Waals surface area (Å²) in [7, 11) is 3.31. The molecule has 1 N–H and O–H groups in total. The van der Waals surface area contributed by atoms with E-state index in [0.29, 0.717) is 17.4 Å². The lowest BCUT2D eigenvalue weighted by Crippen LogP contribution is -2.41. The molecule has 0 aromatic heterocycles. The first kappa shape index (κ1) is 11.8. The van der Waals surface area contributed by atoms with Crippen LogP contribution in [0.1, 0.15) is 29.6 Å². The van der Waals surface area contributed by atoms with E-state index in [-0.39, 0.29) is 11.7 Å². The highest BCUT2D eigenvalue weighted by Gasteiger charge is 2.27. The fraction of sp³-hybridized carbons (Fsp3) is 0.462. The van der Waals surface area contributed by atoms with Gasteiger partial charge in [0.1, 0.15) is 11.5 Å². The predicted octanol–water partition coefficient (Wildman–Crippen LogP) is 2.03. The Kier molecular flexibility index (Phi) is 3.22. The second kappa shape index (κ2) is 4.65. The molecule has 0 radical (unpaired) electrons. The minimum absolute atomic E-state index is 0.0273. The van der Waals surface area contributed by atoms with Crippen molar-refractivity contribution in [3.63, 3.8) is 0 Å². The first-order valence-corrected chi connectivity index (χ1v) is 5.77. The number of phenolic OH excluding ortho intramolecular Hbond substituents is 1. The molecule has 0 spiro atoms. The van der Waals surface area contributed by atoms with E-state index in [2.05, 4.69) is 0 Å². The molecule has 0 bridgehead atoms. The molecule has 1 saturated carbocycles. The normalized spacial score (nSPS) is 15.2. The third-order valence-electron chi connectivity index (χ3n) is 3.38. The van der Waals surface area contributed by atoms with Gasteiger partial charge in [-0.3, -0.25) is 4.79 Å². The predicted molar refractivity (Wildman–Crippen MR) is 64.4 cm³/mol. The molecular formula is C13H17NO3. The molecule has 0 saturated heterocycles. The van der Waals surface area contributed by atoms with Crippen molar-refractivity contribution in [2.24, 2.45) is 0 Å². The molecule has 4 heteroatoms. The summed E-state index contributed by atoms with van der Waals surface area (Å²) in [5, 5.41) is 9.79. The third-order valence-corrected chi connectivity index (χ3v) is 3.38. The summed E-state index contributed by atoms with van der Waals surface area (Å²) in [5.41, 5.74) is 0.334. The standard InChI is InChI=1S/C13H17NO3/c1-14(9-4-3-5-9)13(16)11-7-6-10(17-2)8-12(11)15/h6-9,15H,3-5H2,1-2H3. The van der Waals surface area contributed by atoms with E-state index in [9.17, 15) is 9.90 Å². The van der Waals surface area contributed by atoms with Crippen LogP contribution >= 0.6 is 0 Å². The van der Waals surface area contributed by atoms with Gasteiger partial charge >= 0.3 is 0 Å². The van der Waals surface area contributed by atoms with Gasteiger partial charge in [-0.1, -0.05) is 0 Å². The van der Waals surface area contributed by atoms with Crippen molar-refractivity contribution in [2.75, 3.05) is 14.2 Å². The Labute approximate surface area is 101 Å². The number of amides is 1. The summed E-state index contributed by atoms with van der Waals surface area (Å²) < 4.78 is 4.99. The van der Waals surface area contributed by atoms with Crippen molar-refractivity contribution in [3.8, 4) is 11.5 Å². The summed E-state index contributed by atoms with van der Waals surface area (Å²) in [6.07, 6.45) is 3.29. The maximum atomic E-state index is 12.1. The van der Waals surface area contributed by atoms with Crippen molar-refractivity contribution in [1.29, 1.82) is 0 Å². The van der Waals surface area contributed by atoms with E-state index >= 15 is 0 Å². The lowest BCUT2D eigenvalue weighted by molar-refractivity contribution is 0.0649. The Morgan fingerprint density at radius 2 is 2.18 bits per heavy atom. The molecule has 1 aliphatic rings. The zero-order valence-corrected chi connectivity index (χ0v) is 10.1. The number of ether oxygens (including phenoxy) is 1. The van der Waals surface area contributed by atoms with Crippen LogP contribution in [0.25, 0.3) is 0 Å². The molecule has 1 amide bonds. The Morgan fingerprint density at radius 3 is 2.65 bits per heavy atom. The SMILES string of the molecule is COc1ccc(C(=O)N(C)C2CCC2)c(O)c1. The molecule has 0 heterocycles. The Balaban J connectivity index is 2.18. The molecule has 0 aliphatic heterocycles. The Bertz CT molecular complexity index is 427. The first-order chi connectivity index (χ1) is 8.13. The zero-order chi connectivity index (χ0) is 12.4. The van der Waals surface area contributed by atoms with E-state index in [1.807, 2.05) is 0 Å². The summed E-state index contributed by atoms with van der Waals surface area (Å²) in [4.78, 5) is 13.8. The van der Waals surface area contributed by atoms with Gasteiger partial charge in [-0.05, 0) is 31.4 Å². The topological polar surface area (TPSA) is 49.8 Å². The molecule has 1 fully saturated rings. The highest BCUT2D eigenvalue weighted by Crippen LogP contribution is 2.28. The average molecular weight is 235 g/mol. The van der Waals surface area contributed by atoms with Crippen LogP contribution in [0.2, 0.25) is 0 Å². The molecule has 0 atom stereocenters. The van der Waals surface area contributed by atoms with Crippen LogP contribution in [0.5, 0.6) is 11.5 Å². The molecule has 1 aliphatic carbocycles. The number of carbonyl (C=O) groups is 1. The second-order valence-electron chi connectivity index (χ2n) is 4.38. The van der Waals surface area contributed by atoms with Crippen molar-refractivity contribution in [1.82, 2.24) is 4.90 Å². The van der Waals surface area contributed by atoms with Gasteiger partial charge in [0.15, 0.2) is 0 Å². The monoisotopic (exact) mass is 235 g/mol. The number of carbonyl (C=O) groups excluding carboxylic acids is 1. The highest BCUT2D eigenvalue weighted by molar-refractivity contribution is 5.97. The van der Waals surface area contributed by atoms with Gasteiger partial charge in [0.05, 0.1) is 12.7 Å². The minimum atomic E-state index is -0.130. The van der Waals surface area contributed by atoms with Gasteiger partial charge in [-0.15, -0.1) is 0 Å². The summed E-state index contributed by atoms with van der Waals surface area (Å²) >= 11 is 0. The van der Waals surface area contributed by atoms with Crippen LogP contribution in [0.4, 0.5) is 0 Å². The maximum Gasteiger partial charge on any atom is 0.257 e. The van der Waals surface area contributed by atoms with Crippen LogP contribution in [0, 0.1) is 0 Å². The van der Waals surface area contributed by atoms with E-state index in [0.717, 1.165) is 12.8 Å². The number of nitrogens with zero attached hydrogens (tertiary/aromatic N) is 1.